The van der Waals surface area contributed by atoms with Crippen LogP contribution in [0.5, 0.6) is 0 Å². The molecule has 0 bridgehead atoms. The van der Waals surface area contributed by atoms with Gasteiger partial charge in [-0.3, -0.25) is 9.05 Å². The molecule has 0 N–H and O–H groups in total. The van der Waals surface area contributed by atoms with E-state index in [1.165, 1.54) is 11.4 Å². The first-order valence-corrected chi connectivity index (χ1v) is 13.1. The van der Waals surface area contributed by atoms with Crippen molar-refractivity contribution in [1.82, 2.24) is 0 Å². The van der Waals surface area contributed by atoms with E-state index in [0.29, 0.717) is 19.8 Å². The van der Waals surface area contributed by atoms with E-state index in [1.54, 1.807) is 0 Å². The van der Waals surface area contributed by atoms with E-state index in [-0.39, 0.29) is 0 Å². The number of phosphoric ester groups is 1. The summed E-state index contributed by atoms with van der Waals surface area (Å²) in [4.78, 5) is 0. The van der Waals surface area contributed by atoms with Crippen LogP contribution >= 0.6 is 24.9 Å². The molecule has 0 aliphatic heterocycles. The molecule has 0 saturated heterocycles. The van der Waals surface area contributed by atoms with Gasteiger partial charge in [-0.2, -0.15) is 0 Å². The molecule has 5 nitrogen and oxygen atoms in total. The zero-order valence-corrected chi connectivity index (χ0v) is 16.8. The van der Waals surface area contributed by atoms with Gasteiger partial charge in [-0.1, -0.05) is 39.1 Å². The topological polar surface area (TPSA) is 54.0 Å². The van der Waals surface area contributed by atoms with E-state index < -0.39 is 13.5 Å². The lowest BCUT2D eigenvalue weighted by Gasteiger charge is -2.25. The standard InChI is InChI=1S/C12H28O5P2S2/c1-5-9-14-18(13,15-10-6-2)17-19(20,16-11-7-3)21-12-8-4/h5-12H2,1-4H3. The largest absolute Gasteiger partial charge is 0.481 e. The number of phosphoric acid groups is 1. The molecule has 0 saturated carbocycles. The summed E-state index contributed by atoms with van der Waals surface area (Å²) in [5.41, 5.74) is -2.72. The molecular formula is C12H28O5P2S2. The van der Waals surface area contributed by atoms with Crippen molar-refractivity contribution in [2.75, 3.05) is 25.6 Å². The summed E-state index contributed by atoms with van der Waals surface area (Å²) >= 11 is 6.89. The fourth-order valence-corrected chi connectivity index (χ4v) is 9.07. The van der Waals surface area contributed by atoms with E-state index in [9.17, 15) is 4.57 Å². The molecule has 0 spiro atoms. The first-order chi connectivity index (χ1) is 9.95. The minimum absolute atomic E-state index is 0.308. The highest BCUT2D eigenvalue weighted by Gasteiger charge is 2.36. The maximum Gasteiger partial charge on any atom is 0.481 e. The Hall–Kier alpha value is 1.07. The minimum Gasteiger partial charge on any atom is -0.321 e. The highest BCUT2D eigenvalue weighted by molar-refractivity contribution is 8.68. The van der Waals surface area contributed by atoms with Crippen LogP contribution in [0, 0.1) is 0 Å². The van der Waals surface area contributed by atoms with Gasteiger partial charge in [-0.15, -0.1) is 0 Å². The van der Waals surface area contributed by atoms with Gasteiger partial charge in [0.25, 0.3) is 5.69 Å². The van der Waals surface area contributed by atoms with Gasteiger partial charge in [0.2, 0.25) is 0 Å². The first-order valence-electron chi connectivity index (χ1n) is 7.44. The van der Waals surface area contributed by atoms with Crippen LogP contribution in [0.2, 0.25) is 0 Å². The monoisotopic (exact) mass is 378 g/mol. The Morgan fingerprint density at radius 3 is 1.76 bits per heavy atom. The van der Waals surface area contributed by atoms with Crippen LogP contribution in [0.25, 0.3) is 0 Å². The average Bonchev–Trinajstić information content (AvgIpc) is 2.47. The lowest BCUT2D eigenvalue weighted by molar-refractivity contribution is 0.153. The summed E-state index contributed by atoms with van der Waals surface area (Å²) in [7, 11) is -3.65. The van der Waals surface area contributed by atoms with Gasteiger partial charge in [0.1, 0.15) is 0 Å². The SMILES string of the molecule is CCCOP(=O)(OCCC)OP(=S)(OCCC)SCCC. The van der Waals surface area contributed by atoms with E-state index in [2.05, 4.69) is 0 Å². The second-order valence-corrected chi connectivity index (χ2v) is 12.5. The molecule has 0 aliphatic carbocycles. The van der Waals surface area contributed by atoms with Crippen molar-refractivity contribution in [2.24, 2.45) is 0 Å². The predicted octanol–water partition coefficient (Wildman–Crippen LogP) is 5.76. The van der Waals surface area contributed by atoms with Gasteiger partial charge >= 0.3 is 7.82 Å². The molecule has 0 amide bonds. The third-order valence-electron chi connectivity index (χ3n) is 2.01. The molecule has 0 fully saturated rings. The average molecular weight is 378 g/mol. The second kappa shape index (κ2) is 12.5. The molecule has 0 aliphatic rings. The Kier molecular flexibility index (Phi) is 13.1. The van der Waals surface area contributed by atoms with Crippen LogP contribution in [0.3, 0.4) is 0 Å². The summed E-state index contributed by atoms with van der Waals surface area (Å²) in [6.45, 7) is 9.00. The zero-order valence-electron chi connectivity index (χ0n) is 13.4. The van der Waals surface area contributed by atoms with E-state index in [0.717, 1.165) is 31.4 Å². The second-order valence-electron chi connectivity index (χ2n) is 4.31. The summed E-state index contributed by atoms with van der Waals surface area (Å²) in [6, 6.07) is 0. The molecule has 0 radical (unpaired) electrons. The molecule has 21 heavy (non-hydrogen) atoms. The normalized spacial score (nSPS) is 15.0. The summed E-state index contributed by atoms with van der Waals surface area (Å²) in [6.07, 6.45) is 3.22. The van der Waals surface area contributed by atoms with E-state index >= 15 is 0 Å². The quantitative estimate of drug-likeness (QED) is 0.356. The Morgan fingerprint density at radius 2 is 1.33 bits per heavy atom. The Labute approximate surface area is 138 Å². The van der Waals surface area contributed by atoms with Crippen molar-refractivity contribution in [3.05, 3.63) is 0 Å². The Bertz CT molecular complexity index is 299. The number of hydrogen-bond acceptors (Lipinski definition) is 7. The van der Waals surface area contributed by atoms with Crippen LogP contribution < -0.4 is 0 Å². The van der Waals surface area contributed by atoms with Gasteiger partial charge in [-0.05, 0) is 37.5 Å². The third kappa shape index (κ3) is 10.5. The Balaban J connectivity index is 4.90. The number of hydrogen-bond donors (Lipinski definition) is 0. The maximum absolute atomic E-state index is 12.7. The molecular weight excluding hydrogens is 350 g/mol. The van der Waals surface area contributed by atoms with Crippen molar-refractivity contribution in [3.8, 4) is 0 Å². The molecule has 9 heteroatoms. The minimum atomic E-state index is -3.65. The highest BCUT2D eigenvalue weighted by Crippen LogP contribution is 2.72. The van der Waals surface area contributed by atoms with Crippen molar-refractivity contribution in [3.63, 3.8) is 0 Å². The van der Waals surface area contributed by atoms with Crippen molar-refractivity contribution >= 4 is 36.7 Å². The van der Waals surface area contributed by atoms with Gasteiger partial charge in [0.15, 0.2) is 0 Å². The van der Waals surface area contributed by atoms with Crippen LogP contribution in [-0.4, -0.2) is 25.6 Å². The number of rotatable bonds is 14. The smallest absolute Gasteiger partial charge is 0.321 e. The van der Waals surface area contributed by atoms with Gasteiger partial charge < -0.3 is 4.52 Å². The molecule has 0 heterocycles. The van der Waals surface area contributed by atoms with Crippen LogP contribution in [0.1, 0.15) is 53.4 Å². The van der Waals surface area contributed by atoms with Crippen LogP contribution in [0.4, 0.5) is 0 Å². The zero-order chi connectivity index (χ0) is 16.2. The third-order valence-corrected chi connectivity index (χ3v) is 10.3. The maximum atomic E-state index is 12.7. The molecule has 0 rings (SSSR count). The molecule has 0 aromatic heterocycles. The molecule has 1 unspecified atom stereocenters. The van der Waals surface area contributed by atoms with Crippen molar-refractivity contribution in [1.29, 1.82) is 0 Å². The molecule has 128 valence electrons. The predicted molar refractivity (Wildman–Crippen MR) is 94.5 cm³/mol. The molecule has 0 aromatic rings. The van der Waals surface area contributed by atoms with Crippen LogP contribution in [0.15, 0.2) is 0 Å². The first kappa shape index (κ1) is 22.1. The van der Waals surface area contributed by atoms with Crippen molar-refractivity contribution < 1.29 is 22.4 Å². The fraction of sp³-hybridized carbons (Fsp3) is 1.00. The summed E-state index contributed by atoms with van der Waals surface area (Å²) in [5, 5.41) is 0. The van der Waals surface area contributed by atoms with Gasteiger partial charge in [-0.25, -0.2) is 8.88 Å². The summed E-state index contributed by atoms with van der Waals surface area (Å²) < 4.78 is 34.6. The fourth-order valence-electron chi connectivity index (χ4n) is 1.10. The lowest BCUT2D eigenvalue weighted by atomic mass is 10.5. The summed E-state index contributed by atoms with van der Waals surface area (Å²) in [5.74, 6) is 0.794. The highest BCUT2D eigenvalue weighted by atomic mass is 32.9. The molecule has 1 atom stereocenters. The van der Waals surface area contributed by atoms with E-state index in [1.807, 2.05) is 27.7 Å². The Morgan fingerprint density at radius 1 is 0.857 bits per heavy atom. The van der Waals surface area contributed by atoms with Crippen LogP contribution in [-0.2, 0) is 34.3 Å². The van der Waals surface area contributed by atoms with E-state index in [4.69, 9.17) is 29.7 Å². The van der Waals surface area contributed by atoms with Gasteiger partial charge in [0.05, 0.1) is 19.8 Å². The van der Waals surface area contributed by atoms with Crippen molar-refractivity contribution in [2.45, 2.75) is 53.4 Å². The molecule has 0 aromatic carbocycles. The lowest BCUT2D eigenvalue weighted by Crippen LogP contribution is -2.02. The van der Waals surface area contributed by atoms with Gasteiger partial charge in [0, 0.05) is 5.75 Å².